The Balaban J connectivity index is 1.51. The van der Waals surface area contributed by atoms with Gasteiger partial charge in [-0.15, -0.1) is 0 Å². The summed E-state index contributed by atoms with van der Waals surface area (Å²) in [4.78, 5) is 54.7. The summed E-state index contributed by atoms with van der Waals surface area (Å²) in [7, 11) is 0. The molecular formula is C24H26N4O5. The van der Waals surface area contributed by atoms with Gasteiger partial charge >= 0.3 is 11.8 Å². The normalized spacial score (nSPS) is 16.1. The van der Waals surface area contributed by atoms with Crippen LogP contribution in [0.25, 0.3) is 16.6 Å². The lowest BCUT2D eigenvalue weighted by Crippen LogP contribution is -2.40. The Hall–Kier alpha value is -3.88. The summed E-state index contributed by atoms with van der Waals surface area (Å²) in [6.07, 6.45) is 0.203. The maximum atomic E-state index is 12.9. The first kappa shape index (κ1) is 22.3. The van der Waals surface area contributed by atoms with Crippen molar-refractivity contribution in [2.45, 2.75) is 38.8 Å². The highest BCUT2D eigenvalue weighted by Crippen LogP contribution is 2.16. The van der Waals surface area contributed by atoms with Crippen LogP contribution in [-0.4, -0.2) is 51.2 Å². The van der Waals surface area contributed by atoms with Gasteiger partial charge in [-0.3, -0.25) is 9.59 Å². The number of benzene rings is 2. The van der Waals surface area contributed by atoms with Crippen molar-refractivity contribution in [3.05, 3.63) is 74.9 Å². The minimum Gasteiger partial charge on any atom is -0.444 e. The zero-order valence-electron chi connectivity index (χ0n) is 18.8. The van der Waals surface area contributed by atoms with Crippen LogP contribution in [0.5, 0.6) is 0 Å². The Labute approximate surface area is 190 Å². The molecule has 4 rings (SSSR count). The second-order valence-corrected chi connectivity index (χ2v) is 9.05. The van der Waals surface area contributed by atoms with E-state index in [0.29, 0.717) is 36.1 Å². The third-order valence-electron chi connectivity index (χ3n) is 5.35. The number of aromatic nitrogens is 2. The molecule has 1 aromatic heterocycles. The summed E-state index contributed by atoms with van der Waals surface area (Å²) in [5.74, 6) is -0.346. The molecule has 0 aliphatic carbocycles. The van der Waals surface area contributed by atoms with Crippen molar-refractivity contribution in [1.29, 1.82) is 0 Å². The lowest BCUT2D eigenvalue weighted by atomic mass is 10.1. The minimum absolute atomic E-state index is 0.217. The van der Waals surface area contributed by atoms with Crippen LogP contribution in [0.4, 0.5) is 4.79 Å². The second kappa shape index (κ2) is 8.57. The number of hydrogen-bond donors (Lipinski definition) is 2. The van der Waals surface area contributed by atoms with Crippen molar-refractivity contribution in [3.63, 3.8) is 0 Å². The van der Waals surface area contributed by atoms with Gasteiger partial charge in [0, 0.05) is 24.7 Å². The maximum Gasteiger partial charge on any atom is 0.410 e. The summed E-state index contributed by atoms with van der Waals surface area (Å²) in [6, 6.07) is 13.0. The topological polar surface area (TPSA) is 114 Å². The number of nitrogens with one attached hydrogen (secondary N) is 2. The summed E-state index contributed by atoms with van der Waals surface area (Å²) in [5.41, 5.74) is -0.573. The number of fused-ring (bicyclic) bond motifs is 1. The Morgan fingerprint density at radius 1 is 1.09 bits per heavy atom. The Morgan fingerprint density at radius 2 is 1.82 bits per heavy atom. The standard InChI is InChI=1S/C24H26N4O5/c1-24(2,3)33-23(32)27-12-11-16(14-27)25-20(29)15-9-10-18-19(13-15)26-22(31)28(21(18)30)17-7-5-4-6-8-17/h4-10,13,16H,11-12,14H2,1-3H3,(H,25,29)(H,26,31)/t16-/m1/s1. The maximum absolute atomic E-state index is 12.9. The fraction of sp³-hybridized carbons (Fsp3) is 0.333. The Bertz CT molecular complexity index is 1320. The quantitative estimate of drug-likeness (QED) is 0.636. The zero-order chi connectivity index (χ0) is 23.8. The number of aromatic amines is 1. The molecule has 2 amide bonds. The molecule has 3 aromatic rings. The number of amides is 2. The van der Waals surface area contributed by atoms with Gasteiger partial charge in [-0.2, -0.15) is 0 Å². The number of hydrogen-bond acceptors (Lipinski definition) is 5. The SMILES string of the molecule is CC(C)(C)OC(=O)N1CC[C@@H](NC(=O)c2ccc3c(=O)n(-c4ccccc4)c(=O)[nH]c3c2)C1. The van der Waals surface area contributed by atoms with Crippen molar-refractivity contribution < 1.29 is 14.3 Å². The van der Waals surface area contributed by atoms with Crippen molar-refractivity contribution >= 4 is 22.9 Å². The van der Waals surface area contributed by atoms with Crippen LogP contribution in [0.1, 0.15) is 37.6 Å². The van der Waals surface area contributed by atoms with E-state index in [1.807, 2.05) is 0 Å². The predicted molar refractivity (Wildman–Crippen MR) is 124 cm³/mol. The molecule has 9 heteroatoms. The molecule has 2 heterocycles. The van der Waals surface area contributed by atoms with Gasteiger partial charge in [-0.05, 0) is 57.5 Å². The van der Waals surface area contributed by atoms with Gasteiger partial charge in [0.2, 0.25) is 0 Å². The molecule has 172 valence electrons. The van der Waals surface area contributed by atoms with Crippen LogP contribution < -0.4 is 16.6 Å². The average Bonchev–Trinajstić information content (AvgIpc) is 3.21. The molecule has 33 heavy (non-hydrogen) atoms. The van der Waals surface area contributed by atoms with Crippen LogP contribution in [-0.2, 0) is 4.74 Å². The van der Waals surface area contributed by atoms with Crippen LogP contribution in [0.2, 0.25) is 0 Å². The molecule has 1 aliphatic heterocycles. The lowest BCUT2D eigenvalue weighted by molar-refractivity contribution is 0.0290. The average molecular weight is 450 g/mol. The molecule has 0 radical (unpaired) electrons. The Morgan fingerprint density at radius 3 is 2.52 bits per heavy atom. The van der Waals surface area contributed by atoms with Crippen molar-refractivity contribution in [3.8, 4) is 5.69 Å². The highest BCUT2D eigenvalue weighted by molar-refractivity contribution is 5.97. The third kappa shape index (κ3) is 4.82. The first-order valence-electron chi connectivity index (χ1n) is 10.8. The van der Waals surface area contributed by atoms with E-state index in [2.05, 4.69) is 10.3 Å². The summed E-state index contributed by atoms with van der Waals surface area (Å²) < 4.78 is 6.44. The molecule has 0 spiro atoms. The van der Waals surface area contributed by atoms with Gasteiger partial charge in [0.25, 0.3) is 11.5 Å². The predicted octanol–water partition coefficient (Wildman–Crippen LogP) is 2.42. The summed E-state index contributed by atoms with van der Waals surface area (Å²) >= 11 is 0. The monoisotopic (exact) mass is 450 g/mol. The number of carbonyl (C=O) groups is 2. The van der Waals surface area contributed by atoms with Gasteiger partial charge in [-0.1, -0.05) is 18.2 Å². The first-order chi connectivity index (χ1) is 15.6. The largest absolute Gasteiger partial charge is 0.444 e. The van der Waals surface area contributed by atoms with Crippen LogP contribution in [0, 0.1) is 0 Å². The van der Waals surface area contributed by atoms with Crippen molar-refractivity contribution in [2.24, 2.45) is 0 Å². The molecule has 1 aliphatic rings. The first-order valence-corrected chi connectivity index (χ1v) is 10.8. The van der Waals surface area contributed by atoms with Crippen molar-refractivity contribution in [2.75, 3.05) is 13.1 Å². The number of likely N-dealkylation sites (tertiary alicyclic amines) is 1. The fourth-order valence-corrected chi connectivity index (χ4v) is 3.81. The van der Waals surface area contributed by atoms with E-state index in [4.69, 9.17) is 4.74 Å². The molecule has 0 saturated carbocycles. The van der Waals surface area contributed by atoms with Crippen LogP contribution in [0.3, 0.4) is 0 Å². The Kier molecular flexibility index (Phi) is 5.80. The molecule has 0 bridgehead atoms. The van der Waals surface area contributed by atoms with Gasteiger partial charge in [-0.25, -0.2) is 14.2 Å². The molecule has 0 unspecified atom stereocenters. The molecule has 2 N–H and O–H groups in total. The highest BCUT2D eigenvalue weighted by atomic mass is 16.6. The molecule has 9 nitrogen and oxygen atoms in total. The molecule has 1 atom stereocenters. The van der Waals surface area contributed by atoms with Gasteiger partial charge in [0.1, 0.15) is 5.60 Å². The van der Waals surface area contributed by atoms with Gasteiger partial charge < -0.3 is 19.9 Å². The number of nitrogens with zero attached hydrogens (tertiary/aromatic N) is 2. The van der Waals surface area contributed by atoms with Crippen LogP contribution in [0.15, 0.2) is 58.1 Å². The van der Waals surface area contributed by atoms with E-state index in [9.17, 15) is 19.2 Å². The highest BCUT2D eigenvalue weighted by Gasteiger charge is 2.30. The second-order valence-electron chi connectivity index (χ2n) is 9.05. The molecule has 1 saturated heterocycles. The van der Waals surface area contributed by atoms with Gasteiger partial charge in [0.15, 0.2) is 0 Å². The zero-order valence-corrected chi connectivity index (χ0v) is 18.8. The summed E-state index contributed by atoms with van der Waals surface area (Å²) in [6.45, 7) is 6.26. The van der Waals surface area contributed by atoms with E-state index in [1.165, 1.54) is 12.1 Å². The molecule has 2 aromatic carbocycles. The number of para-hydroxylation sites is 1. The number of ether oxygens (including phenoxy) is 1. The minimum atomic E-state index is -0.584. The van der Waals surface area contributed by atoms with E-state index in [-0.39, 0.29) is 17.5 Å². The number of rotatable bonds is 3. The van der Waals surface area contributed by atoms with Crippen molar-refractivity contribution in [1.82, 2.24) is 19.8 Å². The number of H-pyrrole nitrogens is 1. The number of carbonyl (C=O) groups excluding carboxylic acids is 2. The third-order valence-corrected chi connectivity index (χ3v) is 5.35. The van der Waals surface area contributed by atoms with E-state index < -0.39 is 22.9 Å². The summed E-state index contributed by atoms with van der Waals surface area (Å²) in [5, 5.41) is 3.21. The van der Waals surface area contributed by atoms with Gasteiger partial charge in [0.05, 0.1) is 16.6 Å². The van der Waals surface area contributed by atoms with E-state index in [1.54, 1.807) is 62.1 Å². The molecular weight excluding hydrogens is 424 g/mol. The smallest absolute Gasteiger partial charge is 0.410 e. The molecule has 1 fully saturated rings. The lowest BCUT2D eigenvalue weighted by Gasteiger charge is -2.24. The van der Waals surface area contributed by atoms with E-state index >= 15 is 0 Å². The fourth-order valence-electron chi connectivity index (χ4n) is 3.81. The van der Waals surface area contributed by atoms with Crippen LogP contribution >= 0.6 is 0 Å². The van der Waals surface area contributed by atoms with E-state index in [0.717, 1.165) is 4.57 Å².